The number of aliphatic hydroxyl groups excluding tert-OH is 1. The molecule has 0 radical (unpaired) electrons. The Balaban J connectivity index is 2.14. The minimum absolute atomic E-state index is 0.222. The van der Waals surface area contributed by atoms with Crippen LogP contribution in [0.4, 0.5) is 4.39 Å². The Morgan fingerprint density at radius 2 is 2.24 bits per heavy atom. The number of halogens is 2. The molecule has 3 unspecified atom stereocenters. The molecule has 0 bridgehead atoms. The molecule has 0 aromatic heterocycles. The van der Waals surface area contributed by atoms with Crippen molar-refractivity contribution in [1.82, 2.24) is 0 Å². The number of hydrogen-bond acceptors (Lipinski definition) is 1. The van der Waals surface area contributed by atoms with Gasteiger partial charge in [0, 0.05) is 10.6 Å². The maximum Gasteiger partial charge on any atom is 0.123 e. The third-order valence-electron chi connectivity index (χ3n) is 3.88. The second kappa shape index (κ2) is 5.36. The summed E-state index contributed by atoms with van der Waals surface area (Å²) in [5.74, 6) is 0.578. The molecular weight excluding hydrogens is 239 g/mol. The van der Waals surface area contributed by atoms with Crippen molar-refractivity contribution in [3.05, 3.63) is 34.6 Å². The van der Waals surface area contributed by atoms with Gasteiger partial charge in [0.2, 0.25) is 0 Å². The van der Waals surface area contributed by atoms with Gasteiger partial charge < -0.3 is 5.11 Å². The minimum Gasteiger partial charge on any atom is -0.388 e. The van der Waals surface area contributed by atoms with Crippen LogP contribution in [0.25, 0.3) is 0 Å². The normalized spacial score (nSPS) is 26.1. The summed E-state index contributed by atoms with van der Waals surface area (Å²) < 4.78 is 13.2. The predicted molar refractivity (Wildman–Crippen MR) is 67.5 cm³/mol. The Kier molecular flexibility index (Phi) is 4.05. The van der Waals surface area contributed by atoms with Gasteiger partial charge in [-0.2, -0.15) is 0 Å². The van der Waals surface area contributed by atoms with E-state index < -0.39 is 6.10 Å². The zero-order valence-electron chi connectivity index (χ0n) is 10.00. The van der Waals surface area contributed by atoms with Crippen molar-refractivity contribution in [2.45, 2.75) is 38.7 Å². The van der Waals surface area contributed by atoms with E-state index in [0.29, 0.717) is 16.5 Å². The van der Waals surface area contributed by atoms with Crippen molar-refractivity contribution in [1.29, 1.82) is 0 Å². The zero-order chi connectivity index (χ0) is 12.4. The largest absolute Gasteiger partial charge is 0.388 e. The van der Waals surface area contributed by atoms with Gasteiger partial charge in [-0.05, 0) is 42.9 Å². The Morgan fingerprint density at radius 3 is 2.88 bits per heavy atom. The van der Waals surface area contributed by atoms with Crippen LogP contribution < -0.4 is 0 Å². The molecule has 1 saturated carbocycles. The van der Waals surface area contributed by atoms with Crippen LogP contribution in [0.5, 0.6) is 0 Å². The van der Waals surface area contributed by atoms with Crippen molar-refractivity contribution in [3.63, 3.8) is 0 Å². The molecule has 17 heavy (non-hydrogen) atoms. The van der Waals surface area contributed by atoms with Gasteiger partial charge in [-0.25, -0.2) is 4.39 Å². The molecule has 3 heteroatoms. The van der Waals surface area contributed by atoms with Crippen LogP contribution in [-0.2, 0) is 0 Å². The molecule has 2 rings (SSSR count). The molecule has 0 spiro atoms. The molecule has 0 aliphatic heterocycles. The Bertz CT molecular complexity index is 394. The molecule has 94 valence electrons. The third-order valence-corrected chi connectivity index (χ3v) is 4.23. The summed E-state index contributed by atoms with van der Waals surface area (Å²) in [5, 5.41) is 10.7. The summed E-state index contributed by atoms with van der Waals surface area (Å²) in [7, 11) is 0. The van der Waals surface area contributed by atoms with E-state index in [-0.39, 0.29) is 11.7 Å². The van der Waals surface area contributed by atoms with E-state index >= 15 is 0 Å². The summed E-state index contributed by atoms with van der Waals surface area (Å²) in [6, 6.07) is 4.19. The molecule has 3 atom stereocenters. The summed E-state index contributed by atoms with van der Waals surface area (Å²) in [5.41, 5.74) is 0.536. The van der Waals surface area contributed by atoms with Gasteiger partial charge in [0.05, 0.1) is 6.10 Å². The van der Waals surface area contributed by atoms with Gasteiger partial charge >= 0.3 is 0 Å². The summed E-state index contributed by atoms with van der Waals surface area (Å²) >= 11 is 6.01. The van der Waals surface area contributed by atoms with Gasteiger partial charge in [0.1, 0.15) is 5.82 Å². The summed E-state index contributed by atoms with van der Waals surface area (Å²) in [4.78, 5) is 0. The Hall–Kier alpha value is -0.600. The standard InChI is InChI=1S/C14H18ClFO/c1-2-9-3-4-10(7-9)14(17)12-8-11(16)5-6-13(12)15/h5-6,8-10,14,17H,2-4,7H2,1H3. The van der Waals surface area contributed by atoms with Crippen molar-refractivity contribution >= 4 is 11.6 Å². The van der Waals surface area contributed by atoms with Gasteiger partial charge in [0.15, 0.2) is 0 Å². The first-order valence-electron chi connectivity index (χ1n) is 6.24. The highest BCUT2D eigenvalue weighted by Crippen LogP contribution is 2.41. The molecule has 1 nitrogen and oxygen atoms in total. The maximum absolute atomic E-state index is 13.2. The van der Waals surface area contributed by atoms with E-state index in [0.717, 1.165) is 25.7 Å². The first-order valence-corrected chi connectivity index (χ1v) is 6.62. The van der Waals surface area contributed by atoms with E-state index in [2.05, 4.69) is 6.92 Å². The molecule has 1 aromatic rings. The van der Waals surface area contributed by atoms with E-state index in [1.54, 1.807) is 0 Å². The van der Waals surface area contributed by atoms with Gasteiger partial charge in [-0.3, -0.25) is 0 Å². The van der Waals surface area contributed by atoms with Crippen LogP contribution in [0, 0.1) is 17.7 Å². The average molecular weight is 257 g/mol. The Morgan fingerprint density at radius 1 is 1.47 bits per heavy atom. The topological polar surface area (TPSA) is 20.2 Å². The molecule has 0 saturated heterocycles. The smallest absolute Gasteiger partial charge is 0.123 e. The van der Waals surface area contributed by atoms with Crippen LogP contribution in [0.15, 0.2) is 18.2 Å². The van der Waals surface area contributed by atoms with Crippen molar-refractivity contribution < 1.29 is 9.50 Å². The molecule has 0 heterocycles. The van der Waals surface area contributed by atoms with E-state index in [1.165, 1.54) is 18.2 Å². The zero-order valence-corrected chi connectivity index (χ0v) is 10.8. The molecular formula is C14H18ClFO. The molecule has 1 aliphatic carbocycles. The monoisotopic (exact) mass is 256 g/mol. The highest BCUT2D eigenvalue weighted by Gasteiger charge is 2.30. The number of hydrogen-bond donors (Lipinski definition) is 1. The average Bonchev–Trinajstić information content (AvgIpc) is 2.80. The lowest BCUT2D eigenvalue weighted by molar-refractivity contribution is 0.109. The molecule has 1 aliphatic rings. The van der Waals surface area contributed by atoms with E-state index in [4.69, 9.17) is 11.6 Å². The fourth-order valence-electron chi connectivity index (χ4n) is 2.77. The van der Waals surface area contributed by atoms with Crippen LogP contribution >= 0.6 is 11.6 Å². The number of benzene rings is 1. The highest BCUT2D eigenvalue weighted by molar-refractivity contribution is 6.31. The molecule has 1 fully saturated rings. The summed E-state index contributed by atoms with van der Waals surface area (Å²) in [6.07, 6.45) is 3.71. The second-order valence-electron chi connectivity index (χ2n) is 4.96. The maximum atomic E-state index is 13.2. The SMILES string of the molecule is CCC1CCC(C(O)c2cc(F)ccc2Cl)C1. The van der Waals surface area contributed by atoms with Gasteiger partial charge in [-0.1, -0.05) is 31.4 Å². The highest BCUT2D eigenvalue weighted by atomic mass is 35.5. The first kappa shape index (κ1) is 12.8. The van der Waals surface area contributed by atoms with Crippen LogP contribution in [0.2, 0.25) is 5.02 Å². The lowest BCUT2D eigenvalue weighted by Crippen LogP contribution is -2.10. The van der Waals surface area contributed by atoms with E-state index in [9.17, 15) is 9.50 Å². The number of aliphatic hydroxyl groups is 1. The minimum atomic E-state index is -0.630. The fraction of sp³-hybridized carbons (Fsp3) is 0.571. The van der Waals surface area contributed by atoms with Crippen molar-refractivity contribution in [3.8, 4) is 0 Å². The van der Waals surface area contributed by atoms with Crippen LogP contribution in [-0.4, -0.2) is 5.11 Å². The fourth-order valence-corrected chi connectivity index (χ4v) is 3.00. The molecule has 1 N–H and O–H groups in total. The van der Waals surface area contributed by atoms with Gasteiger partial charge in [0.25, 0.3) is 0 Å². The second-order valence-corrected chi connectivity index (χ2v) is 5.37. The van der Waals surface area contributed by atoms with E-state index in [1.807, 2.05) is 0 Å². The Labute approximate surface area is 107 Å². The number of rotatable bonds is 3. The lowest BCUT2D eigenvalue weighted by Gasteiger charge is -2.19. The quantitative estimate of drug-likeness (QED) is 0.853. The van der Waals surface area contributed by atoms with Gasteiger partial charge in [-0.15, -0.1) is 0 Å². The predicted octanol–water partition coefficient (Wildman–Crippen LogP) is 4.34. The third kappa shape index (κ3) is 2.80. The summed E-state index contributed by atoms with van der Waals surface area (Å²) in [6.45, 7) is 2.18. The van der Waals surface area contributed by atoms with Crippen LogP contribution in [0.1, 0.15) is 44.3 Å². The van der Waals surface area contributed by atoms with Crippen molar-refractivity contribution in [2.24, 2.45) is 11.8 Å². The van der Waals surface area contributed by atoms with Crippen LogP contribution in [0.3, 0.4) is 0 Å². The molecule has 1 aromatic carbocycles. The lowest BCUT2D eigenvalue weighted by atomic mass is 9.93. The first-order chi connectivity index (χ1) is 8.11. The molecule has 0 amide bonds. The van der Waals surface area contributed by atoms with Crippen molar-refractivity contribution in [2.75, 3.05) is 0 Å².